The van der Waals surface area contributed by atoms with E-state index >= 15 is 0 Å². The van der Waals surface area contributed by atoms with E-state index in [-0.39, 0.29) is 25.6 Å². The van der Waals surface area contributed by atoms with Crippen LogP contribution in [0.15, 0.2) is 12.2 Å². The zero-order valence-electron chi connectivity index (χ0n) is 33.5. The zero-order valence-corrected chi connectivity index (χ0v) is 34.4. The van der Waals surface area contributed by atoms with Crippen LogP contribution in [0.1, 0.15) is 220 Å². The lowest BCUT2D eigenvalue weighted by atomic mass is 10.0. The molecule has 0 aliphatic rings. The van der Waals surface area contributed by atoms with Gasteiger partial charge in [-0.1, -0.05) is 174 Å². The van der Waals surface area contributed by atoms with Gasteiger partial charge in [0.2, 0.25) is 0 Å². The number of phosphoric ester groups is 1. The Kier molecular flexibility index (Phi) is 37.6. The molecular weight excluding hydrogens is 663 g/mol. The number of ether oxygens (including phenoxy) is 2. The van der Waals surface area contributed by atoms with Crippen LogP contribution in [0, 0.1) is 0 Å². The number of carbonyl (C=O) groups excluding carboxylic acids is 2. The third-order valence-corrected chi connectivity index (χ3v) is 10.4. The number of hydrogen-bond donors (Lipinski definition) is 1. The Labute approximate surface area is 314 Å². The second-order valence-corrected chi connectivity index (χ2v) is 15.8. The van der Waals surface area contributed by atoms with E-state index in [0.29, 0.717) is 12.8 Å². The fourth-order valence-electron chi connectivity index (χ4n) is 6.15. The number of unbranched alkanes of at least 4 members (excludes halogenated alkanes) is 26. The third kappa shape index (κ3) is 38.3. The average Bonchev–Trinajstić information content (AvgIpc) is 3.10. The molecule has 0 bridgehead atoms. The van der Waals surface area contributed by atoms with Gasteiger partial charge in [-0.25, -0.2) is 4.57 Å². The zero-order chi connectivity index (χ0) is 37.5. The van der Waals surface area contributed by atoms with E-state index in [4.69, 9.17) is 18.5 Å². The van der Waals surface area contributed by atoms with E-state index in [2.05, 4.69) is 26.0 Å². The summed E-state index contributed by atoms with van der Waals surface area (Å²) >= 11 is 0. The smallest absolute Gasteiger partial charge is 0.462 e. The van der Waals surface area contributed by atoms with Gasteiger partial charge in [-0.3, -0.25) is 18.6 Å². The van der Waals surface area contributed by atoms with Gasteiger partial charge in [0.1, 0.15) is 6.61 Å². The molecule has 51 heavy (non-hydrogen) atoms. The predicted octanol–water partition coefficient (Wildman–Crippen LogP) is 13.3. The van der Waals surface area contributed by atoms with E-state index in [1.807, 2.05) is 0 Å². The van der Waals surface area contributed by atoms with Gasteiger partial charge in [-0.15, -0.1) is 0 Å². The Balaban J connectivity index is 4.07. The Morgan fingerprint density at radius 2 is 0.882 bits per heavy atom. The molecule has 0 amide bonds. The maximum absolute atomic E-state index is 12.5. The minimum absolute atomic E-state index is 0.00200. The summed E-state index contributed by atoms with van der Waals surface area (Å²) in [6, 6.07) is 0. The Hall–Kier alpha value is -1.21. The Morgan fingerprint density at radius 1 is 0.510 bits per heavy atom. The van der Waals surface area contributed by atoms with Crippen LogP contribution in [-0.4, -0.2) is 42.8 Å². The predicted molar refractivity (Wildman–Crippen MR) is 212 cm³/mol. The van der Waals surface area contributed by atoms with Gasteiger partial charge < -0.3 is 14.4 Å². The first-order chi connectivity index (χ1) is 24.8. The number of phosphoric acid groups is 1. The molecule has 0 saturated heterocycles. The van der Waals surface area contributed by atoms with Crippen molar-refractivity contribution in [2.45, 2.75) is 226 Å². The largest absolute Gasteiger partial charge is 0.472 e. The first-order valence-corrected chi connectivity index (χ1v) is 23.0. The Morgan fingerprint density at radius 3 is 1.29 bits per heavy atom. The summed E-state index contributed by atoms with van der Waals surface area (Å²) in [5.74, 6) is -0.796. The minimum atomic E-state index is -4.27. The molecule has 0 saturated carbocycles. The van der Waals surface area contributed by atoms with Gasteiger partial charge in [0.25, 0.3) is 0 Å². The summed E-state index contributed by atoms with van der Waals surface area (Å²) in [5, 5.41) is 0. The maximum atomic E-state index is 12.5. The van der Waals surface area contributed by atoms with Crippen molar-refractivity contribution in [2.24, 2.45) is 0 Å². The number of rotatable bonds is 40. The number of hydrogen-bond acceptors (Lipinski definition) is 7. The van der Waals surface area contributed by atoms with Crippen LogP contribution < -0.4 is 0 Å². The standard InChI is InChI=1S/C42H81O8P/c1-4-7-9-11-13-15-17-19-21-23-25-27-29-31-33-35-37-42(44)50-40(39-49-51(45,46)48-6-3)38-47-41(43)36-34-32-30-28-26-24-22-20-18-16-14-12-10-8-5-2/h21,23,40H,4-20,22,24-39H2,1-3H3,(H,45,46)/b23-21-. The van der Waals surface area contributed by atoms with Crippen molar-refractivity contribution >= 4 is 19.8 Å². The second-order valence-electron chi connectivity index (χ2n) is 14.4. The van der Waals surface area contributed by atoms with Crippen molar-refractivity contribution in [3.63, 3.8) is 0 Å². The SMILES string of the molecule is CCCCCCCCC/C=C\CCCCCCCC(=O)OC(COC(=O)CCCCCCCCCCCCCCCCC)COP(=O)(O)OCC. The average molecular weight is 745 g/mol. The summed E-state index contributed by atoms with van der Waals surface area (Å²) in [6.07, 6.45) is 39.7. The molecule has 0 fully saturated rings. The molecule has 8 nitrogen and oxygen atoms in total. The van der Waals surface area contributed by atoms with Crippen LogP contribution in [0.5, 0.6) is 0 Å². The number of carbonyl (C=O) groups is 2. The lowest BCUT2D eigenvalue weighted by molar-refractivity contribution is -0.161. The molecule has 0 aromatic rings. The van der Waals surface area contributed by atoms with Gasteiger partial charge in [0.15, 0.2) is 6.10 Å². The van der Waals surface area contributed by atoms with Crippen molar-refractivity contribution in [3.05, 3.63) is 12.2 Å². The third-order valence-electron chi connectivity index (χ3n) is 9.32. The second kappa shape index (κ2) is 38.5. The van der Waals surface area contributed by atoms with Crippen LogP contribution >= 0.6 is 7.82 Å². The van der Waals surface area contributed by atoms with E-state index in [9.17, 15) is 19.0 Å². The minimum Gasteiger partial charge on any atom is -0.462 e. The van der Waals surface area contributed by atoms with Gasteiger partial charge in [-0.05, 0) is 45.4 Å². The molecule has 302 valence electrons. The fourth-order valence-corrected chi connectivity index (χ4v) is 6.91. The Bertz CT molecular complexity index is 849. The molecule has 1 N–H and O–H groups in total. The monoisotopic (exact) mass is 745 g/mol. The topological polar surface area (TPSA) is 108 Å². The van der Waals surface area contributed by atoms with Gasteiger partial charge in [-0.2, -0.15) is 0 Å². The molecule has 0 spiro atoms. The van der Waals surface area contributed by atoms with Crippen LogP contribution in [-0.2, 0) is 32.7 Å². The van der Waals surface area contributed by atoms with Gasteiger partial charge in [0.05, 0.1) is 13.2 Å². The fraction of sp³-hybridized carbons (Fsp3) is 0.905. The van der Waals surface area contributed by atoms with Crippen molar-refractivity contribution in [1.29, 1.82) is 0 Å². The molecule has 2 atom stereocenters. The highest BCUT2D eigenvalue weighted by atomic mass is 31.2. The highest BCUT2D eigenvalue weighted by Crippen LogP contribution is 2.43. The van der Waals surface area contributed by atoms with E-state index in [1.54, 1.807) is 6.92 Å². The first kappa shape index (κ1) is 49.8. The van der Waals surface area contributed by atoms with E-state index in [0.717, 1.165) is 51.4 Å². The molecule has 0 aliphatic heterocycles. The molecule has 0 aliphatic carbocycles. The quantitative estimate of drug-likeness (QED) is 0.0286. The van der Waals surface area contributed by atoms with Gasteiger partial charge >= 0.3 is 19.8 Å². The van der Waals surface area contributed by atoms with Gasteiger partial charge in [0, 0.05) is 12.8 Å². The van der Waals surface area contributed by atoms with Crippen LogP contribution in [0.4, 0.5) is 0 Å². The summed E-state index contributed by atoms with van der Waals surface area (Å²) < 4.78 is 32.6. The molecule has 0 rings (SSSR count). The van der Waals surface area contributed by atoms with Crippen LogP contribution in [0.3, 0.4) is 0 Å². The maximum Gasteiger partial charge on any atom is 0.472 e. The summed E-state index contributed by atoms with van der Waals surface area (Å²) in [4.78, 5) is 34.7. The summed E-state index contributed by atoms with van der Waals surface area (Å²) in [7, 11) is -4.27. The van der Waals surface area contributed by atoms with Crippen molar-refractivity contribution < 1.29 is 37.6 Å². The van der Waals surface area contributed by atoms with Crippen molar-refractivity contribution in [2.75, 3.05) is 19.8 Å². The van der Waals surface area contributed by atoms with Crippen LogP contribution in [0.2, 0.25) is 0 Å². The molecule has 0 heterocycles. The lowest BCUT2D eigenvalue weighted by Crippen LogP contribution is -2.29. The van der Waals surface area contributed by atoms with Crippen LogP contribution in [0.25, 0.3) is 0 Å². The normalized spacial score (nSPS) is 13.4. The molecule has 0 radical (unpaired) electrons. The highest BCUT2D eigenvalue weighted by Gasteiger charge is 2.25. The molecule has 9 heteroatoms. The van der Waals surface area contributed by atoms with Crippen molar-refractivity contribution in [1.82, 2.24) is 0 Å². The summed E-state index contributed by atoms with van der Waals surface area (Å²) in [6.45, 7) is 5.49. The first-order valence-electron chi connectivity index (χ1n) is 21.5. The molecule has 2 unspecified atom stereocenters. The number of allylic oxidation sites excluding steroid dienone is 2. The van der Waals surface area contributed by atoms with Crippen molar-refractivity contribution in [3.8, 4) is 0 Å². The van der Waals surface area contributed by atoms with E-state index in [1.165, 1.54) is 128 Å². The number of esters is 2. The molecule has 0 aromatic heterocycles. The molecular formula is C42H81O8P. The van der Waals surface area contributed by atoms with E-state index < -0.39 is 26.5 Å². The summed E-state index contributed by atoms with van der Waals surface area (Å²) in [5.41, 5.74) is 0. The lowest BCUT2D eigenvalue weighted by Gasteiger charge is -2.19. The molecule has 0 aromatic carbocycles. The highest BCUT2D eigenvalue weighted by molar-refractivity contribution is 7.47.